The van der Waals surface area contributed by atoms with Gasteiger partial charge in [0.15, 0.2) is 0 Å². The van der Waals surface area contributed by atoms with Crippen molar-refractivity contribution in [1.82, 2.24) is 20.1 Å². The molecular formula is C18H26N4O3. The van der Waals surface area contributed by atoms with Crippen LogP contribution in [0.4, 0.5) is 0 Å². The van der Waals surface area contributed by atoms with Crippen molar-refractivity contribution in [1.29, 1.82) is 0 Å². The van der Waals surface area contributed by atoms with Crippen LogP contribution in [-0.2, 0) is 17.9 Å². The molecule has 0 aromatic carbocycles. The van der Waals surface area contributed by atoms with Gasteiger partial charge in [0, 0.05) is 18.2 Å². The van der Waals surface area contributed by atoms with Gasteiger partial charge in [-0.15, -0.1) is 0 Å². The summed E-state index contributed by atoms with van der Waals surface area (Å²) in [7, 11) is 5.24. The second kappa shape index (κ2) is 7.39. The van der Waals surface area contributed by atoms with E-state index in [1.807, 2.05) is 25.1 Å². The van der Waals surface area contributed by atoms with E-state index in [0.29, 0.717) is 37.1 Å². The average molecular weight is 346 g/mol. The van der Waals surface area contributed by atoms with E-state index in [9.17, 15) is 9.59 Å². The summed E-state index contributed by atoms with van der Waals surface area (Å²) in [6.07, 6.45) is 4.52. The number of ether oxygens (including phenoxy) is 1. The number of aromatic nitrogens is 1. The smallest absolute Gasteiger partial charge is 0.256 e. The molecule has 1 aliphatic heterocycles. The maximum atomic E-state index is 12.8. The minimum Gasteiger partial charge on any atom is -0.481 e. The number of rotatable bonds is 6. The van der Waals surface area contributed by atoms with Gasteiger partial charge in [0.25, 0.3) is 5.91 Å². The van der Waals surface area contributed by atoms with E-state index < -0.39 is 0 Å². The fraction of sp³-hybridized carbons (Fsp3) is 0.611. The number of hydrogen-bond acceptors (Lipinski definition) is 5. The van der Waals surface area contributed by atoms with Gasteiger partial charge in [0.2, 0.25) is 11.8 Å². The highest BCUT2D eigenvalue weighted by Gasteiger charge is 2.35. The third kappa shape index (κ3) is 3.76. The van der Waals surface area contributed by atoms with Crippen LogP contribution in [0.3, 0.4) is 0 Å². The summed E-state index contributed by atoms with van der Waals surface area (Å²) in [6.45, 7) is 1.17. The Morgan fingerprint density at radius 1 is 1.40 bits per heavy atom. The zero-order valence-electron chi connectivity index (χ0n) is 15.2. The van der Waals surface area contributed by atoms with Crippen molar-refractivity contribution in [3.8, 4) is 5.88 Å². The van der Waals surface area contributed by atoms with Crippen LogP contribution in [-0.4, -0.2) is 60.4 Å². The fourth-order valence-electron chi connectivity index (χ4n) is 3.62. The fourth-order valence-corrected chi connectivity index (χ4v) is 3.62. The number of fused-ring (bicyclic) bond motifs is 1. The summed E-state index contributed by atoms with van der Waals surface area (Å²) in [5.74, 6) is 0.453. The Morgan fingerprint density at radius 2 is 2.12 bits per heavy atom. The molecule has 0 spiro atoms. The van der Waals surface area contributed by atoms with Crippen molar-refractivity contribution >= 4 is 11.8 Å². The number of amides is 2. The molecule has 25 heavy (non-hydrogen) atoms. The van der Waals surface area contributed by atoms with Crippen molar-refractivity contribution in [2.45, 2.75) is 44.8 Å². The van der Waals surface area contributed by atoms with Crippen molar-refractivity contribution in [2.75, 3.05) is 27.7 Å². The van der Waals surface area contributed by atoms with Gasteiger partial charge in [-0.25, -0.2) is 4.98 Å². The largest absolute Gasteiger partial charge is 0.481 e. The Hall–Kier alpha value is -2.15. The van der Waals surface area contributed by atoms with E-state index >= 15 is 0 Å². The number of pyridine rings is 1. The summed E-state index contributed by atoms with van der Waals surface area (Å²) < 4.78 is 5.38. The molecule has 0 bridgehead atoms. The summed E-state index contributed by atoms with van der Waals surface area (Å²) in [5, 5.41) is 2.85. The molecule has 1 saturated carbocycles. The number of methoxy groups -OCH3 is 1. The molecule has 0 unspecified atom stereocenters. The molecule has 2 amide bonds. The Kier molecular flexibility index (Phi) is 5.22. The van der Waals surface area contributed by atoms with Gasteiger partial charge in [-0.1, -0.05) is 12.8 Å². The molecule has 7 nitrogen and oxygen atoms in total. The molecular weight excluding hydrogens is 320 g/mol. The third-order valence-corrected chi connectivity index (χ3v) is 4.85. The number of nitrogens with zero attached hydrogens (tertiary/aromatic N) is 3. The molecule has 136 valence electrons. The highest BCUT2D eigenvalue weighted by molar-refractivity contribution is 5.98. The quantitative estimate of drug-likeness (QED) is 0.837. The number of likely N-dealkylation sites (N-methyl/N-ethyl adjacent to an activating group) is 1. The van der Waals surface area contributed by atoms with Crippen LogP contribution in [0.1, 0.15) is 47.3 Å². The molecule has 1 N–H and O–H groups in total. The van der Waals surface area contributed by atoms with Gasteiger partial charge in [-0.3, -0.25) is 9.59 Å². The molecule has 0 radical (unpaired) electrons. The first kappa shape index (κ1) is 17.7. The second-order valence-corrected chi connectivity index (χ2v) is 7.04. The van der Waals surface area contributed by atoms with Crippen LogP contribution in [0, 0.1) is 0 Å². The summed E-state index contributed by atoms with van der Waals surface area (Å²) in [4.78, 5) is 32.9. The van der Waals surface area contributed by atoms with Crippen molar-refractivity contribution in [2.24, 2.45) is 0 Å². The topological polar surface area (TPSA) is 74.8 Å². The van der Waals surface area contributed by atoms with Gasteiger partial charge in [0.1, 0.15) is 0 Å². The van der Waals surface area contributed by atoms with Crippen molar-refractivity contribution in [3.63, 3.8) is 0 Å². The lowest BCUT2D eigenvalue weighted by atomic mass is 10.1. The minimum atomic E-state index is -0.0774. The van der Waals surface area contributed by atoms with Crippen LogP contribution >= 0.6 is 0 Å². The van der Waals surface area contributed by atoms with Crippen LogP contribution in [0.25, 0.3) is 0 Å². The monoisotopic (exact) mass is 346 g/mol. The molecule has 1 aromatic rings. The minimum absolute atomic E-state index is 0.0536. The maximum Gasteiger partial charge on any atom is 0.256 e. The summed E-state index contributed by atoms with van der Waals surface area (Å²) in [5.41, 5.74) is 2.15. The molecule has 2 heterocycles. The van der Waals surface area contributed by atoms with Gasteiger partial charge >= 0.3 is 0 Å². The average Bonchev–Trinajstić information content (AvgIpc) is 3.20. The van der Waals surface area contributed by atoms with E-state index in [-0.39, 0.29) is 11.8 Å². The number of carbonyl (C=O) groups is 2. The predicted molar refractivity (Wildman–Crippen MR) is 93.3 cm³/mol. The van der Waals surface area contributed by atoms with E-state index in [2.05, 4.69) is 10.3 Å². The lowest BCUT2D eigenvalue weighted by Gasteiger charge is -2.22. The van der Waals surface area contributed by atoms with E-state index in [4.69, 9.17) is 4.74 Å². The Bertz CT molecular complexity index is 669. The summed E-state index contributed by atoms with van der Waals surface area (Å²) in [6, 6.07) is 2.16. The number of hydrogen-bond donors (Lipinski definition) is 1. The van der Waals surface area contributed by atoms with Crippen molar-refractivity contribution in [3.05, 3.63) is 22.9 Å². The normalized spacial score (nSPS) is 17.3. The zero-order valence-corrected chi connectivity index (χ0v) is 15.2. The van der Waals surface area contributed by atoms with E-state index in [1.54, 1.807) is 12.0 Å². The Morgan fingerprint density at radius 3 is 2.76 bits per heavy atom. The zero-order chi connectivity index (χ0) is 18.0. The highest BCUT2D eigenvalue weighted by atomic mass is 16.5. The van der Waals surface area contributed by atoms with Crippen LogP contribution < -0.4 is 10.1 Å². The summed E-state index contributed by atoms with van der Waals surface area (Å²) >= 11 is 0. The van der Waals surface area contributed by atoms with Crippen LogP contribution in [0.15, 0.2) is 6.07 Å². The van der Waals surface area contributed by atoms with E-state index in [0.717, 1.165) is 24.1 Å². The Balaban J connectivity index is 1.76. The molecule has 2 aliphatic rings. The van der Waals surface area contributed by atoms with Crippen LogP contribution in [0.2, 0.25) is 0 Å². The van der Waals surface area contributed by atoms with Gasteiger partial charge in [-0.2, -0.15) is 0 Å². The highest BCUT2D eigenvalue weighted by Crippen LogP contribution is 2.33. The standard InChI is InChI=1S/C18H26N4O3/c1-21(2)11-16(23)19-9-12-8-14-15(20-17(12)25-3)10-22(18(14)24)13-6-4-5-7-13/h8,13H,4-7,9-11H2,1-3H3,(H,19,23). The van der Waals surface area contributed by atoms with E-state index in [1.165, 1.54) is 12.8 Å². The lowest BCUT2D eigenvalue weighted by molar-refractivity contribution is -0.121. The molecule has 1 aromatic heterocycles. The molecule has 1 fully saturated rings. The molecule has 1 aliphatic carbocycles. The third-order valence-electron chi connectivity index (χ3n) is 4.85. The Labute approximate surface area is 148 Å². The first-order valence-corrected chi connectivity index (χ1v) is 8.78. The number of nitrogens with one attached hydrogen (secondary N) is 1. The van der Waals surface area contributed by atoms with Gasteiger partial charge < -0.3 is 19.9 Å². The SMILES string of the molecule is COc1nc2c(cc1CNC(=O)CN(C)C)C(=O)N(C1CCCC1)C2. The molecule has 7 heteroatoms. The molecule has 3 rings (SSSR count). The maximum absolute atomic E-state index is 12.8. The van der Waals surface area contributed by atoms with Crippen molar-refractivity contribution < 1.29 is 14.3 Å². The molecule has 0 saturated heterocycles. The van der Waals surface area contributed by atoms with Gasteiger partial charge in [-0.05, 0) is 33.0 Å². The first-order valence-electron chi connectivity index (χ1n) is 8.78. The predicted octanol–water partition coefficient (Wildman–Crippen LogP) is 1.17. The number of carbonyl (C=O) groups excluding carboxylic acids is 2. The second-order valence-electron chi connectivity index (χ2n) is 7.04. The van der Waals surface area contributed by atoms with Gasteiger partial charge in [0.05, 0.1) is 31.5 Å². The van der Waals surface area contributed by atoms with Crippen LogP contribution in [0.5, 0.6) is 5.88 Å². The first-order chi connectivity index (χ1) is 12.0. The molecule has 0 atom stereocenters. The lowest BCUT2D eigenvalue weighted by Crippen LogP contribution is -2.33.